The first-order valence-electron chi connectivity index (χ1n) is 7.28. The van der Waals surface area contributed by atoms with Crippen LogP contribution in [0.15, 0.2) is 24.3 Å². The van der Waals surface area contributed by atoms with E-state index in [1.807, 2.05) is 18.2 Å². The van der Waals surface area contributed by atoms with Gasteiger partial charge in [0.15, 0.2) is 0 Å². The second-order valence-electron chi connectivity index (χ2n) is 6.24. The number of carbonyl (C=O) groups is 2. The van der Waals surface area contributed by atoms with E-state index in [4.69, 9.17) is 11.6 Å². The van der Waals surface area contributed by atoms with Gasteiger partial charge >= 0.3 is 0 Å². The summed E-state index contributed by atoms with van der Waals surface area (Å²) in [6.45, 7) is 1.83. The fourth-order valence-corrected chi connectivity index (χ4v) is 3.87. The lowest BCUT2D eigenvalue weighted by Crippen LogP contribution is -2.54. The van der Waals surface area contributed by atoms with Gasteiger partial charge in [-0.2, -0.15) is 0 Å². The zero-order chi connectivity index (χ0) is 15.0. The molecule has 1 atom stereocenters. The van der Waals surface area contributed by atoms with Crippen LogP contribution in [0.4, 0.5) is 0 Å². The summed E-state index contributed by atoms with van der Waals surface area (Å²) in [7, 11) is 2.08. The van der Waals surface area contributed by atoms with Crippen LogP contribution >= 0.6 is 11.6 Å². The molecule has 4 nitrogen and oxygen atoms in total. The van der Waals surface area contributed by atoms with Gasteiger partial charge < -0.3 is 4.90 Å². The topological polar surface area (TPSA) is 49.4 Å². The number of benzene rings is 1. The third-order valence-corrected chi connectivity index (χ3v) is 5.05. The first kappa shape index (κ1) is 14.5. The molecule has 1 unspecified atom stereocenters. The van der Waals surface area contributed by atoms with Crippen LogP contribution in [0, 0.1) is 5.41 Å². The van der Waals surface area contributed by atoms with Crippen molar-refractivity contribution in [3.8, 4) is 0 Å². The van der Waals surface area contributed by atoms with Crippen molar-refractivity contribution in [1.29, 1.82) is 0 Å². The molecule has 0 radical (unpaired) electrons. The molecule has 1 N–H and O–H groups in total. The lowest BCUT2D eigenvalue weighted by molar-refractivity contribution is -0.141. The summed E-state index contributed by atoms with van der Waals surface area (Å²) in [6, 6.07) is 7.45. The Hall–Kier alpha value is -1.39. The van der Waals surface area contributed by atoms with Crippen LogP contribution in [0.3, 0.4) is 0 Å². The number of piperidine rings is 2. The number of nitrogens with one attached hydrogen (secondary N) is 1. The van der Waals surface area contributed by atoms with Crippen LogP contribution < -0.4 is 5.32 Å². The third kappa shape index (κ3) is 2.70. The Morgan fingerprint density at radius 1 is 1.29 bits per heavy atom. The summed E-state index contributed by atoms with van der Waals surface area (Å²) in [5.74, 6) is -0.622. The SMILES string of the molecule is CN1CCC2(CC1)CC(=O)NC(=O)C2c1cccc(Cl)c1. The summed E-state index contributed by atoms with van der Waals surface area (Å²) in [5, 5.41) is 3.12. The smallest absolute Gasteiger partial charge is 0.234 e. The Morgan fingerprint density at radius 3 is 2.67 bits per heavy atom. The number of carbonyl (C=O) groups excluding carboxylic acids is 2. The van der Waals surface area contributed by atoms with E-state index in [0.29, 0.717) is 11.4 Å². The number of nitrogens with zero attached hydrogens (tertiary/aromatic N) is 1. The molecule has 21 heavy (non-hydrogen) atoms. The molecule has 2 saturated heterocycles. The van der Waals surface area contributed by atoms with Gasteiger partial charge in [0.25, 0.3) is 0 Å². The minimum Gasteiger partial charge on any atom is -0.306 e. The quantitative estimate of drug-likeness (QED) is 0.809. The summed E-state index contributed by atoms with van der Waals surface area (Å²) >= 11 is 6.08. The van der Waals surface area contributed by atoms with Crippen molar-refractivity contribution in [2.75, 3.05) is 20.1 Å². The van der Waals surface area contributed by atoms with Crippen molar-refractivity contribution in [2.24, 2.45) is 5.41 Å². The molecule has 3 rings (SSSR count). The fraction of sp³-hybridized carbons (Fsp3) is 0.500. The van der Waals surface area contributed by atoms with Crippen LogP contribution in [0.1, 0.15) is 30.7 Å². The van der Waals surface area contributed by atoms with Crippen LogP contribution in [0.25, 0.3) is 0 Å². The van der Waals surface area contributed by atoms with E-state index in [1.165, 1.54) is 0 Å². The minimum atomic E-state index is -0.289. The van der Waals surface area contributed by atoms with Gasteiger partial charge in [-0.05, 0) is 56.1 Å². The monoisotopic (exact) mass is 306 g/mol. The second-order valence-corrected chi connectivity index (χ2v) is 6.68. The molecule has 5 heteroatoms. The van der Waals surface area contributed by atoms with Crippen molar-refractivity contribution < 1.29 is 9.59 Å². The lowest BCUT2D eigenvalue weighted by Gasteiger charge is -2.47. The predicted octanol–water partition coefficient (Wildman–Crippen LogP) is 2.18. The molecule has 0 aliphatic carbocycles. The molecule has 0 aromatic heterocycles. The Bertz CT molecular complexity index is 579. The van der Waals surface area contributed by atoms with E-state index >= 15 is 0 Å². The van der Waals surface area contributed by atoms with E-state index in [9.17, 15) is 9.59 Å². The van der Waals surface area contributed by atoms with Crippen molar-refractivity contribution in [3.05, 3.63) is 34.9 Å². The van der Waals surface area contributed by atoms with Crippen LogP contribution in [0.2, 0.25) is 5.02 Å². The average Bonchev–Trinajstić information content (AvgIpc) is 2.41. The van der Waals surface area contributed by atoms with Gasteiger partial charge in [0.2, 0.25) is 11.8 Å². The number of hydrogen-bond donors (Lipinski definition) is 1. The van der Waals surface area contributed by atoms with Gasteiger partial charge in [-0.1, -0.05) is 23.7 Å². The number of rotatable bonds is 1. The average molecular weight is 307 g/mol. The molecule has 0 saturated carbocycles. The summed E-state index contributed by atoms with van der Waals surface area (Å²) in [5.41, 5.74) is 0.647. The highest BCUT2D eigenvalue weighted by molar-refractivity contribution is 6.30. The van der Waals surface area contributed by atoms with E-state index in [1.54, 1.807) is 6.07 Å². The number of likely N-dealkylation sites (tertiary alicyclic amines) is 1. The highest BCUT2D eigenvalue weighted by Gasteiger charge is 2.50. The molecule has 2 amide bonds. The van der Waals surface area contributed by atoms with Gasteiger partial charge in [0, 0.05) is 11.4 Å². The predicted molar refractivity (Wildman–Crippen MR) is 81.1 cm³/mol. The fourth-order valence-electron chi connectivity index (χ4n) is 3.67. The highest BCUT2D eigenvalue weighted by Crippen LogP contribution is 2.49. The number of imide groups is 1. The Kier molecular flexibility index (Phi) is 3.76. The highest BCUT2D eigenvalue weighted by atomic mass is 35.5. The van der Waals surface area contributed by atoms with Gasteiger partial charge in [-0.25, -0.2) is 0 Å². The molecule has 2 heterocycles. The number of hydrogen-bond acceptors (Lipinski definition) is 3. The van der Waals surface area contributed by atoms with Crippen molar-refractivity contribution >= 4 is 23.4 Å². The Morgan fingerprint density at radius 2 is 2.00 bits per heavy atom. The Labute approximate surface area is 129 Å². The van der Waals surface area contributed by atoms with E-state index in [2.05, 4.69) is 17.3 Å². The lowest BCUT2D eigenvalue weighted by atomic mass is 9.62. The molecule has 1 spiro atoms. The van der Waals surface area contributed by atoms with E-state index < -0.39 is 0 Å². The zero-order valence-electron chi connectivity index (χ0n) is 12.1. The number of halogens is 1. The summed E-state index contributed by atoms with van der Waals surface area (Å²) < 4.78 is 0. The molecule has 1 aromatic carbocycles. The third-order valence-electron chi connectivity index (χ3n) is 4.81. The summed E-state index contributed by atoms with van der Waals surface area (Å²) in [6.07, 6.45) is 2.14. The second kappa shape index (κ2) is 5.43. The van der Waals surface area contributed by atoms with Crippen molar-refractivity contribution in [2.45, 2.75) is 25.2 Å². The van der Waals surface area contributed by atoms with Crippen molar-refractivity contribution in [1.82, 2.24) is 10.2 Å². The Balaban J connectivity index is 2.01. The van der Waals surface area contributed by atoms with E-state index in [0.717, 1.165) is 31.5 Å². The maximum atomic E-state index is 12.5. The van der Waals surface area contributed by atoms with Crippen LogP contribution in [0.5, 0.6) is 0 Å². The van der Waals surface area contributed by atoms with Crippen LogP contribution in [-0.4, -0.2) is 36.9 Å². The van der Waals surface area contributed by atoms with Gasteiger partial charge in [-0.3, -0.25) is 14.9 Å². The number of amides is 2. The zero-order valence-corrected chi connectivity index (χ0v) is 12.8. The van der Waals surface area contributed by atoms with Gasteiger partial charge in [0.05, 0.1) is 5.92 Å². The normalized spacial score (nSPS) is 25.9. The summed E-state index contributed by atoms with van der Waals surface area (Å²) in [4.78, 5) is 26.6. The maximum absolute atomic E-state index is 12.5. The molecule has 1 aromatic rings. The molecule has 2 aliphatic rings. The molecule has 112 valence electrons. The van der Waals surface area contributed by atoms with Gasteiger partial charge in [-0.15, -0.1) is 0 Å². The molecule has 2 fully saturated rings. The maximum Gasteiger partial charge on any atom is 0.234 e. The molecular formula is C16H19ClN2O2. The molecule has 2 aliphatic heterocycles. The first-order chi connectivity index (χ1) is 10.00. The van der Waals surface area contributed by atoms with Crippen LogP contribution in [-0.2, 0) is 9.59 Å². The molecule has 0 bridgehead atoms. The minimum absolute atomic E-state index is 0.150. The largest absolute Gasteiger partial charge is 0.306 e. The van der Waals surface area contributed by atoms with Crippen molar-refractivity contribution in [3.63, 3.8) is 0 Å². The van der Waals surface area contributed by atoms with Gasteiger partial charge in [0.1, 0.15) is 0 Å². The first-order valence-corrected chi connectivity index (χ1v) is 7.66. The standard InChI is InChI=1S/C16H19ClN2O2/c1-19-7-5-16(6-8-19)10-13(20)18-15(21)14(16)11-3-2-4-12(17)9-11/h2-4,9,14H,5-8,10H2,1H3,(H,18,20,21). The molecular weight excluding hydrogens is 288 g/mol. The van der Waals surface area contributed by atoms with E-state index in [-0.39, 0.29) is 23.1 Å².